The van der Waals surface area contributed by atoms with Crippen LogP contribution < -0.4 is 19.1 Å². The molecule has 0 radical (unpaired) electrons. The number of halogens is 1. The Kier molecular flexibility index (Phi) is 12.5. The number of ether oxygens (including phenoxy) is 2. The maximum absolute atomic E-state index is 14.7. The number of hydrogen-bond donors (Lipinski definition) is 1. The van der Waals surface area contributed by atoms with Gasteiger partial charge >= 0.3 is 0 Å². The Hall–Kier alpha value is -4.54. The first-order valence-corrected chi connectivity index (χ1v) is 17.4. The Morgan fingerprint density at radius 2 is 1.50 bits per heavy atom. The van der Waals surface area contributed by atoms with Crippen LogP contribution in [0.15, 0.2) is 102 Å². The number of nitrogens with zero attached hydrogens (tertiary/aromatic N) is 2. The third-order valence-electron chi connectivity index (χ3n) is 7.80. The molecule has 0 saturated carbocycles. The van der Waals surface area contributed by atoms with E-state index in [9.17, 15) is 18.0 Å². The van der Waals surface area contributed by atoms with Crippen LogP contribution in [0.2, 0.25) is 5.02 Å². The van der Waals surface area contributed by atoms with Crippen LogP contribution in [-0.2, 0) is 32.6 Å². The van der Waals surface area contributed by atoms with Crippen LogP contribution in [0.4, 0.5) is 5.69 Å². The third-order valence-corrected chi connectivity index (χ3v) is 9.95. The van der Waals surface area contributed by atoms with E-state index in [2.05, 4.69) is 5.32 Å². The van der Waals surface area contributed by atoms with Gasteiger partial charge < -0.3 is 19.7 Å². The van der Waals surface area contributed by atoms with Crippen molar-refractivity contribution < 1.29 is 27.5 Å². The lowest BCUT2D eigenvalue weighted by Gasteiger charge is -2.34. The number of methoxy groups -OCH3 is 2. The molecule has 4 aromatic carbocycles. The summed E-state index contributed by atoms with van der Waals surface area (Å²) in [6.45, 7) is 5.58. The molecule has 4 rings (SSSR count). The fourth-order valence-corrected chi connectivity index (χ4v) is 6.73. The lowest BCUT2D eigenvalue weighted by molar-refractivity contribution is -0.140. The van der Waals surface area contributed by atoms with Gasteiger partial charge in [-0.1, -0.05) is 91.7 Å². The smallest absolute Gasteiger partial charge is 0.264 e. The van der Waals surface area contributed by atoms with E-state index in [-0.39, 0.29) is 41.1 Å². The van der Waals surface area contributed by atoms with Crippen LogP contribution in [0, 0.1) is 12.8 Å². The van der Waals surface area contributed by atoms with Gasteiger partial charge in [0.05, 0.1) is 24.8 Å². The van der Waals surface area contributed by atoms with Gasteiger partial charge in [-0.3, -0.25) is 13.9 Å². The van der Waals surface area contributed by atoms with Gasteiger partial charge in [-0.25, -0.2) is 8.42 Å². The summed E-state index contributed by atoms with van der Waals surface area (Å²) in [4.78, 5) is 30.0. The van der Waals surface area contributed by atoms with Crippen molar-refractivity contribution in [2.45, 2.75) is 44.7 Å². The molecule has 11 heteroatoms. The van der Waals surface area contributed by atoms with E-state index in [0.29, 0.717) is 22.9 Å². The van der Waals surface area contributed by atoms with Gasteiger partial charge in [0.1, 0.15) is 12.6 Å². The van der Waals surface area contributed by atoms with E-state index >= 15 is 0 Å². The molecule has 0 aromatic heterocycles. The molecule has 0 heterocycles. The quantitative estimate of drug-likeness (QED) is 0.158. The minimum absolute atomic E-state index is 0.00357. The fraction of sp³-hybridized carbons (Fsp3) is 0.297. The third kappa shape index (κ3) is 9.08. The van der Waals surface area contributed by atoms with Crippen LogP contribution in [-0.4, -0.2) is 58.5 Å². The van der Waals surface area contributed by atoms with E-state index in [1.54, 1.807) is 48.5 Å². The number of rotatable bonds is 15. The largest absolute Gasteiger partial charge is 0.493 e. The second kappa shape index (κ2) is 16.5. The summed E-state index contributed by atoms with van der Waals surface area (Å²) in [6.07, 6.45) is 0.196. The first-order chi connectivity index (χ1) is 22.9. The predicted molar refractivity (Wildman–Crippen MR) is 189 cm³/mol. The van der Waals surface area contributed by atoms with Crippen molar-refractivity contribution in [2.75, 3.05) is 31.6 Å². The second-order valence-corrected chi connectivity index (χ2v) is 14.1. The van der Waals surface area contributed by atoms with E-state index in [1.807, 2.05) is 51.1 Å². The molecule has 254 valence electrons. The van der Waals surface area contributed by atoms with E-state index in [1.165, 1.54) is 37.3 Å². The summed E-state index contributed by atoms with van der Waals surface area (Å²) in [6, 6.07) is 26.5. The summed E-state index contributed by atoms with van der Waals surface area (Å²) < 4.78 is 40.5. The van der Waals surface area contributed by atoms with Gasteiger partial charge in [-0.05, 0) is 54.3 Å². The van der Waals surface area contributed by atoms with E-state index in [0.717, 1.165) is 15.4 Å². The fourth-order valence-electron chi connectivity index (χ4n) is 5.13. The summed E-state index contributed by atoms with van der Waals surface area (Å²) >= 11 is 6.58. The minimum atomic E-state index is -4.29. The molecule has 1 N–H and O–H groups in total. The molecule has 0 aliphatic rings. The Labute approximate surface area is 288 Å². The first-order valence-electron chi connectivity index (χ1n) is 15.6. The van der Waals surface area contributed by atoms with Gasteiger partial charge in [0, 0.05) is 30.6 Å². The number of carbonyl (C=O) groups excluding carboxylic acids is 2. The Morgan fingerprint density at radius 3 is 2.12 bits per heavy atom. The number of sulfonamides is 1. The van der Waals surface area contributed by atoms with Crippen LogP contribution >= 0.6 is 11.6 Å². The number of benzene rings is 4. The van der Waals surface area contributed by atoms with Gasteiger partial charge in [-0.15, -0.1) is 0 Å². The summed E-state index contributed by atoms with van der Waals surface area (Å²) in [5, 5.41) is 3.40. The van der Waals surface area contributed by atoms with Crippen LogP contribution in [0.1, 0.15) is 30.5 Å². The van der Waals surface area contributed by atoms with Gasteiger partial charge in [0.25, 0.3) is 10.0 Å². The molecule has 0 aliphatic carbocycles. The normalized spacial score (nSPS) is 11.9. The number of anilines is 1. The topological polar surface area (TPSA) is 105 Å². The van der Waals surface area contributed by atoms with Crippen molar-refractivity contribution in [3.63, 3.8) is 0 Å². The van der Waals surface area contributed by atoms with Gasteiger partial charge in [-0.2, -0.15) is 0 Å². The van der Waals surface area contributed by atoms with Crippen LogP contribution in [0.3, 0.4) is 0 Å². The molecule has 0 spiro atoms. The van der Waals surface area contributed by atoms with Gasteiger partial charge in [0.15, 0.2) is 11.5 Å². The SMILES string of the molecule is COc1ccc(N(CC(=O)N(Cc2ccccc2Cl)[C@H](Cc2ccccc2)C(=O)NCC(C)C)S(=O)(=O)c2ccc(C)cc2)cc1OC. The number of nitrogens with one attached hydrogen (secondary N) is 1. The summed E-state index contributed by atoms with van der Waals surface area (Å²) in [5.74, 6) is -0.105. The zero-order valence-corrected chi connectivity index (χ0v) is 29.4. The molecule has 4 aromatic rings. The Balaban J connectivity index is 1.85. The average molecular weight is 692 g/mol. The Bertz CT molecular complexity index is 1800. The Morgan fingerprint density at radius 1 is 0.854 bits per heavy atom. The lowest BCUT2D eigenvalue weighted by Crippen LogP contribution is -2.53. The van der Waals surface area contributed by atoms with E-state index in [4.69, 9.17) is 21.1 Å². The molecule has 2 amide bonds. The van der Waals surface area contributed by atoms with Crippen molar-refractivity contribution in [3.8, 4) is 11.5 Å². The number of hydrogen-bond acceptors (Lipinski definition) is 6. The molecule has 48 heavy (non-hydrogen) atoms. The highest BCUT2D eigenvalue weighted by atomic mass is 35.5. The molecule has 9 nitrogen and oxygen atoms in total. The standard InChI is InChI=1S/C37H42ClN3O6S/c1-26(2)23-39-37(43)33(21-28-11-7-6-8-12-28)40(24-29-13-9-10-14-32(29)38)36(42)25-41(30-17-20-34(46-4)35(22-30)47-5)48(44,45)31-18-15-27(3)16-19-31/h6-20,22,26,33H,21,23-25H2,1-5H3,(H,39,43)/t33-/m1/s1. The zero-order valence-electron chi connectivity index (χ0n) is 27.9. The van der Waals surface area contributed by atoms with Crippen LogP contribution in [0.25, 0.3) is 0 Å². The molecule has 0 unspecified atom stereocenters. The summed E-state index contributed by atoms with van der Waals surface area (Å²) in [7, 11) is -1.37. The maximum Gasteiger partial charge on any atom is 0.264 e. The molecule has 0 saturated heterocycles. The van der Waals surface area contributed by atoms with Crippen molar-refractivity contribution in [1.29, 1.82) is 0 Å². The molecule has 1 atom stereocenters. The highest BCUT2D eigenvalue weighted by molar-refractivity contribution is 7.92. The molecule has 0 aliphatic heterocycles. The second-order valence-electron chi connectivity index (χ2n) is 11.8. The van der Waals surface area contributed by atoms with E-state index < -0.39 is 28.5 Å². The lowest BCUT2D eigenvalue weighted by atomic mass is 10.0. The molecular formula is C37H42ClN3O6S. The number of amides is 2. The predicted octanol–water partition coefficient (Wildman–Crippen LogP) is 6.27. The molecule has 0 fully saturated rings. The van der Waals surface area contributed by atoms with Crippen molar-refractivity contribution >= 4 is 39.1 Å². The molecular weight excluding hydrogens is 650 g/mol. The minimum Gasteiger partial charge on any atom is -0.493 e. The summed E-state index contributed by atoms with van der Waals surface area (Å²) in [5.41, 5.74) is 2.51. The van der Waals surface area contributed by atoms with Crippen molar-refractivity contribution in [2.24, 2.45) is 5.92 Å². The first kappa shape index (κ1) is 36.3. The number of aryl methyl sites for hydroxylation is 1. The van der Waals surface area contributed by atoms with Crippen molar-refractivity contribution in [1.82, 2.24) is 10.2 Å². The monoisotopic (exact) mass is 691 g/mol. The van der Waals surface area contributed by atoms with Gasteiger partial charge in [0.2, 0.25) is 11.8 Å². The maximum atomic E-state index is 14.7. The average Bonchev–Trinajstić information content (AvgIpc) is 3.08. The van der Waals surface area contributed by atoms with Crippen molar-refractivity contribution in [3.05, 3.63) is 119 Å². The number of carbonyl (C=O) groups is 2. The highest BCUT2D eigenvalue weighted by Crippen LogP contribution is 2.34. The zero-order chi connectivity index (χ0) is 34.8. The van der Waals surface area contributed by atoms with Crippen LogP contribution in [0.5, 0.6) is 11.5 Å². The highest BCUT2D eigenvalue weighted by Gasteiger charge is 2.35. The molecule has 0 bridgehead atoms.